The van der Waals surface area contributed by atoms with E-state index in [1.54, 1.807) is 0 Å². The Kier molecular flexibility index (Phi) is 4.40. The minimum Gasteiger partial charge on any atom is -0.329 e. The Balaban J connectivity index is 2.47. The van der Waals surface area contributed by atoms with Crippen molar-refractivity contribution in [2.75, 3.05) is 13.1 Å². The Morgan fingerprint density at radius 3 is 2.53 bits per heavy atom. The van der Waals surface area contributed by atoms with Gasteiger partial charge in [-0.05, 0) is 19.8 Å². The Morgan fingerprint density at radius 2 is 2.00 bits per heavy atom. The van der Waals surface area contributed by atoms with E-state index in [0.29, 0.717) is 6.54 Å². The summed E-state index contributed by atoms with van der Waals surface area (Å²) in [4.78, 5) is 1.91. The highest BCUT2D eigenvalue weighted by molar-refractivity contribution is 4.83. The molecule has 1 aliphatic rings. The van der Waals surface area contributed by atoms with Crippen LogP contribution < -0.4 is 5.73 Å². The molecule has 2 atom stereocenters. The molecule has 1 fully saturated rings. The summed E-state index contributed by atoms with van der Waals surface area (Å²) in [5.74, 6) is 0. The number of alkyl halides is 3. The van der Waals surface area contributed by atoms with Crippen LogP contribution in [0.2, 0.25) is 0 Å². The highest BCUT2D eigenvalue weighted by atomic mass is 19.4. The number of nitrogens with zero attached hydrogens (tertiary/aromatic N) is 1. The highest BCUT2D eigenvalue weighted by Crippen LogP contribution is 2.26. The number of rotatable bonds is 3. The van der Waals surface area contributed by atoms with Gasteiger partial charge < -0.3 is 5.73 Å². The van der Waals surface area contributed by atoms with E-state index in [2.05, 4.69) is 0 Å². The number of hydrogen-bond donors (Lipinski definition) is 1. The lowest BCUT2D eigenvalue weighted by Crippen LogP contribution is -2.49. The average molecular weight is 224 g/mol. The molecule has 1 rings (SSSR count). The predicted molar refractivity (Wildman–Crippen MR) is 53.5 cm³/mol. The third-order valence-corrected chi connectivity index (χ3v) is 3.12. The zero-order valence-corrected chi connectivity index (χ0v) is 9.06. The van der Waals surface area contributed by atoms with Gasteiger partial charge in [-0.15, -0.1) is 0 Å². The molecular weight excluding hydrogens is 205 g/mol. The Morgan fingerprint density at radius 1 is 1.33 bits per heavy atom. The van der Waals surface area contributed by atoms with Gasteiger partial charge in [0, 0.05) is 25.2 Å². The fraction of sp³-hybridized carbons (Fsp3) is 1.00. The number of piperidine rings is 1. The lowest BCUT2D eigenvalue weighted by Gasteiger charge is -2.40. The van der Waals surface area contributed by atoms with Crippen LogP contribution >= 0.6 is 0 Å². The summed E-state index contributed by atoms with van der Waals surface area (Å²) in [5.41, 5.74) is 5.57. The molecule has 1 saturated heterocycles. The van der Waals surface area contributed by atoms with E-state index in [-0.39, 0.29) is 18.6 Å². The second kappa shape index (κ2) is 5.16. The van der Waals surface area contributed by atoms with Crippen molar-refractivity contribution < 1.29 is 13.2 Å². The van der Waals surface area contributed by atoms with Gasteiger partial charge in [-0.1, -0.05) is 6.42 Å². The maximum absolute atomic E-state index is 12.1. The van der Waals surface area contributed by atoms with Crippen molar-refractivity contribution in [3.05, 3.63) is 0 Å². The molecule has 0 aromatic rings. The Bertz CT molecular complexity index is 194. The lowest BCUT2D eigenvalue weighted by atomic mass is 9.96. The summed E-state index contributed by atoms with van der Waals surface area (Å²) in [7, 11) is 0. The fourth-order valence-corrected chi connectivity index (χ4v) is 2.25. The monoisotopic (exact) mass is 224 g/mol. The molecule has 0 bridgehead atoms. The summed E-state index contributed by atoms with van der Waals surface area (Å²) in [6.45, 7) is 2.53. The zero-order chi connectivity index (χ0) is 11.5. The van der Waals surface area contributed by atoms with Gasteiger partial charge >= 0.3 is 6.18 Å². The second-order valence-electron chi connectivity index (χ2n) is 4.27. The van der Waals surface area contributed by atoms with E-state index in [9.17, 15) is 13.2 Å². The molecule has 1 heterocycles. The SMILES string of the molecule is CC1CCCC(CN)N1CCC(F)(F)F. The molecule has 90 valence electrons. The number of nitrogens with two attached hydrogens (primary N) is 1. The van der Waals surface area contributed by atoms with Crippen LogP contribution in [-0.2, 0) is 0 Å². The first-order valence-electron chi connectivity index (χ1n) is 5.46. The van der Waals surface area contributed by atoms with E-state index < -0.39 is 12.6 Å². The van der Waals surface area contributed by atoms with Crippen molar-refractivity contribution in [1.82, 2.24) is 4.90 Å². The first-order chi connectivity index (χ1) is 6.94. The van der Waals surface area contributed by atoms with E-state index >= 15 is 0 Å². The van der Waals surface area contributed by atoms with Crippen LogP contribution in [-0.4, -0.2) is 36.2 Å². The van der Waals surface area contributed by atoms with Gasteiger partial charge in [0.2, 0.25) is 0 Å². The summed E-state index contributed by atoms with van der Waals surface area (Å²) in [5, 5.41) is 0. The van der Waals surface area contributed by atoms with Crippen molar-refractivity contribution in [3.8, 4) is 0 Å². The maximum atomic E-state index is 12.1. The Labute approximate surface area is 88.6 Å². The standard InChI is InChI=1S/C10H19F3N2/c1-8-3-2-4-9(7-14)15(8)6-5-10(11,12)13/h8-9H,2-7,14H2,1H3. The van der Waals surface area contributed by atoms with Crippen LogP contribution in [0.25, 0.3) is 0 Å². The topological polar surface area (TPSA) is 29.3 Å². The van der Waals surface area contributed by atoms with Gasteiger partial charge in [0.1, 0.15) is 0 Å². The number of likely N-dealkylation sites (tertiary alicyclic amines) is 1. The highest BCUT2D eigenvalue weighted by Gasteiger charge is 2.32. The molecule has 1 aliphatic heterocycles. The molecule has 5 heteroatoms. The minimum absolute atomic E-state index is 0.0898. The van der Waals surface area contributed by atoms with Gasteiger partial charge in [-0.25, -0.2) is 0 Å². The summed E-state index contributed by atoms with van der Waals surface area (Å²) >= 11 is 0. The number of hydrogen-bond acceptors (Lipinski definition) is 2. The number of halogens is 3. The van der Waals surface area contributed by atoms with Crippen molar-refractivity contribution in [2.45, 2.75) is 50.9 Å². The minimum atomic E-state index is -4.06. The van der Waals surface area contributed by atoms with Crippen molar-refractivity contribution in [3.63, 3.8) is 0 Å². The molecule has 2 unspecified atom stereocenters. The molecule has 0 aromatic heterocycles. The van der Waals surface area contributed by atoms with E-state index in [0.717, 1.165) is 19.3 Å². The van der Waals surface area contributed by atoms with Crippen molar-refractivity contribution in [2.24, 2.45) is 5.73 Å². The van der Waals surface area contributed by atoms with E-state index in [1.807, 2.05) is 11.8 Å². The smallest absolute Gasteiger partial charge is 0.329 e. The fourth-order valence-electron chi connectivity index (χ4n) is 2.25. The molecule has 0 aromatic carbocycles. The molecule has 2 N–H and O–H groups in total. The van der Waals surface area contributed by atoms with Crippen LogP contribution in [0.5, 0.6) is 0 Å². The molecule has 0 radical (unpaired) electrons. The molecular formula is C10H19F3N2. The molecule has 15 heavy (non-hydrogen) atoms. The zero-order valence-electron chi connectivity index (χ0n) is 9.06. The van der Waals surface area contributed by atoms with Crippen LogP contribution in [0.4, 0.5) is 13.2 Å². The first-order valence-corrected chi connectivity index (χ1v) is 5.46. The first kappa shape index (κ1) is 12.8. The molecule has 2 nitrogen and oxygen atoms in total. The van der Waals surface area contributed by atoms with Crippen LogP contribution in [0, 0.1) is 0 Å². The predicted octanol–water partition coefficient (Wildman–Crippen LogP) is 2.14. The summed E-state index contributed by atoms with van der Waals surface area (Å²) < 4.78 is 36.3. The normalized spacial score (nSPS) is 29.4. The largest absolute Gasteiger partial charge is 0.390 e. The quantitative estimate of drug-likeness (QED) is 0.795. The lowest BCUT2D eigenvalue weighted by molar-refractivity contribution is -0.141. The Hall–Kier alpha value is -0.290. The van der Waals surface area contributed by atoms with Gasteiger partial charge in [0.15, 0.2) is 0 Å². The van der Waals surface area contributed by atoms with E-state index in [1.165, 1.54) is 0 Å². The third kappa shape index (κ3) is 3.99. The maximum Gasteiger partial charge on any atom is 0.390 e. The molecule has 0 spiro atoms. The average Bonchev–Trinajstić information content (AvgIpc) is 2.14. The van der Waals surface area contributed by atoms with Gasteiger partial charge in [0.25, 0.3) is 0 Å². The summed E-state index contributed by atoms with van der Waals surface area (Å²) in [6.07, 6.45) is -1.80. The van der Waals surface area contributed by atoms with Crippen LogP contribution in [0.3, 0.4) is 0 Å². The van der Waals surface area contributed by atoms with Gasteiger partial charge in [-0.3, -0.25) is 4.90 Å². The third-order valence-electron chi connectivity index (χ3n) is 3.12. The second-order valence-corrected chi connectivity index (χ2v) is 4.27. The van der Waals surface area contributed by atoms with Crippen molar-refractivity contribution >= 4 is 0 Å². The van der Waals surface area contributed by atoms with Crippen LogP contribution in [0.15, 0.2) is 0 Å². The van der Waals surface area contributed by atoms with Gasteiger partial charge in [-0.2, -0.15) is 13.2 Å². The molecule has 0 saturated carbocycles. The van der Waals surface area contributed by atoms with Crippen molar-refractivity contribution in [1.29, 1.82) is 0 Å². The summed E-state index contributed by atoms with van der Waals surface area (Å²) in [6, 6.07) is 0.366. The molecule has 0 amide bonds. The van der Waals surface area contributed by atoms with Crippen LogP contribution in [0.1, 0.15) is 32.6 Å². The van der Waals surface area contributed by atoms with Gasteiger partial charge in [0.05, 0.1) is 6.42 Å². The molecule has 0 aliphatic carbocycles. The van der Waals surface area contributed by atoms with E-state index in [4.69, 9.17) is 5.73 Å².